The first-order chi connectivity index (χ1) is 18.2. The molecule has 196 valence electrons. The SMILES string of the molecule is Cc1ccc(CNC(=O)c2cc(CN(CCc3ccccc3)C(=O)c3ccc(C(C)(C)C)cc3)on2)cc1. The van der Waals surface area contributed by atoms with E-state index in [0.29, 0.717) is 30.8 Å². The summed E-state index contributed by atoms with van der Waals surface area (Å²) in [5.74, 6) is 0.0434. The Balaban J connectivity index is 1.46. The zero-order valence-corrected chi connectivity index (χ0v) is 22.5. The number of benzene rings is 3. The van der Waals surface area contributed by atoms with Crippen molar-refractivity contribution in [2.24, 2.45) is 0 Å². The number of hydrogen-bond donors (Lipinski definition) is 1. The van der Waals surface area contributed by atoms with Crippen LogP contribution >= 0.6 is 0 Å². The number of amides is 2. The van der Waals surface area contributed by atoms with Gasteiger partial charge in [0.1, 0.15) is 0 Å². The lowest BCUT2D eigenvalue weighted by Gasteiger charge is -2.23. The molecule has 0 saturated heterocycles. The predicted octanol–water partition coefficient (Wildman–Crippen LogP) is 6.10. The van der Waals surface area contributed by atoms with Gasteiger partial charge in [-0.15, -0.1) is 0 Å². The van der Waals surface area contributed by atoms with E-state index in [2.05, 4.69) is 31.2 Å². The number of carbonyl (C=O) groups excluding carboxylic acids is 2. The van der Waals surface area contributed by atoms with E-state index in [1.54, 1.807) is 11.0 Å². The van der Waals surface area contributed by atoms with E-state index in [0.717, 1.165) is 16.7 Å². The number of nitrogens with one attached hydrogen (secondary N) is 1. The minimum absolute atomic E-state index is 0.00480. The molecule has 6 heteroatoms. The number of aryl methyl sites for hydroxylation is 1. The van der Waals surface area contributed by atoms with Crippen LogP contribution in [0.4, 0.5) is 0 Å². The molecule has 1 N–H and O–H groups in total. The second-order valence-electron chi connectivity index (χ2n) is 10.6. The summed E-state index contributed by atoms with van der Waals surface area (Å²) in [6.07, 6.45) is 0.699. The van der Waals surface area contributed by atoms with E-state index in [-0.39, 0.29) is 29.5 Å². The molecule has 0 bridgehead atoms. The fourth-order valence-electron chi connectivity index (χ4n) is 4.12. The van der Waals surface area contributed by atoms with Crippen LogP contribution in [0.15, 0.2) is 89.5 Å². The van der Waals surface area contributed by atoms with Gasteiger partial charge in [-0.1, -0.05) is 98.2 Å². The highest BCUT2D eigenvalue weighted by molar-refractivity contribution is 5.94. The Morgan fingerprint density at radius 2 is 1.58 bits per heavy atom. The Morgan fingerprint density at radius 1 is 0.895 bits per heavy atom. The van der Waals surface area contributed by atoms with Crippen molar-refractivity contribution in [2.45, 2.75) is 52.6 Å². The van der Waals surface area contributed by atoms with Crippen molar-refractivity contribution in [1.82, 2.24) is 15.4 Å². The number of hydrogen-bond acceptors (Lipinski definition) is 4. The molecule has 0 aliphatic rings. The standard InChI is InChI=1S/C32H35N3O3/c1-23-10-12-25(13-11-23)21-33-30(36)29-20-28(38-34-29)22-35(19-18-24-8-6-5-7-9-24)31(37)26-14-16-27(17-15-26)32(2,3)4/h5-17,20H,18-19,21-22H2,1-4H3,(H,33,36). The molecule has 0 radical (unpaired) electrons. The summed E-state index contributed by atoms with van der Waals surface area (Å²) in [6.45, 7) is 9.57. The first kappa shape index (κ1) is 26.9. The lowest BCUT2D eigenvalue weighted by Crippen LogP contribution is -2.32. The topological polar surface area (TPSA) is 75.4 Å². The minimum atomic E-state index is -0.319. The van der Waals surface area contributed by atoms with Gasteiger partial charge in [0.2, 0.25) is 0 Å². The summed E-state index contributed by atoms with van der Waals surface area (Å²) in [7, 11) is 0. The van der Waals surface area contributed by atoms with Gasteiger partial charge in [-0.3, -0.25) is 9.59 Å². The van der Waals surface area contributed by atoms with Crippen LogP contribution < -0.4 is 5.32 Å². The Morgan fingerprint density at radius 3 is 2.24 bits per heavy atom. The van der Waals surface area contributed by atoms with Gasteiger partial charge in [0.25, 0.3) is 11.8 Å². The van der Waals surface area contributed by atoms with Crippen molar-refractivity contribution in [3.05, 3.63) is 124 Å². The second-order valence-corrected chi connectivity index (χ2v) is 10.6. The highest BCUT2D eigenvalue weighted by Crippen LogP contribution is 2.23. The first-order valence-electron chi connectivity index (χ1n) is 12.9. The van der Waals surface area contributed by atoms with Crippen molar-refractivity contribution < 1.29 is 14.1 Å². The summed E-state index contributed by atoms with van der Waals surface area (Å²) >= 11 is 0. The van der Waals surface area contributed by atoms with Crippen molar-refractivity contribution in [3.8, 4) is 0 Å². The average Bonchev–Trinajstić information content (AvgIpc) is 3.39. The van der Waals surface area contributed by atoms with E-state index in [9.17, 15) is 9.59 Å². The first-order valence-corrected chi connectivity index (χ1v) is 12.9. The maximum Gasteiger partial charge on any atom is 0.273 e. The molecule has 6 nitrogen and oxygen atoms in total. The molecule has 1 heterocycles. The maximum absolute atomic E-state index is 13.5. The molecule has 38 heavy (non-hydrogen) atoms. The van der Waals surface area contributed by atoms with Gasteiger partial charge in [0.05, 0.1) is 6.54 Å². The van der Waals surface area contributed by atoms with Crippen LogP contribution in [0.3, 0.4) is 0 Å². The number of aromatic nitrogens is 1. The number of nitrogens with zero attached hydrogens (tertiary/aromatic N) is 2. The van der Waals surface area contributed by atoms with Crippen LogP contribution in [0, 0.1) is 6.92 Å². The molecule has 1 aromatic heterocycles. The summed E-state index contributed by atoms with van der Waals surface area (Å²) in [6, 6.07) is 27.4. The van der Waals surface area contributed by atoms with Crippen molar-refractivity contribution >= 4 is 11.8 Å². The fraction of sp³-hybridized carbons (Fsp3) is 0.281. The van der Waals surface area contributed by atoms with Gasteiger partial charge < -0.3 is 14.7 Å². The Hall–Kier alpha value is -4.19. The van der Waals surface area contributed by atoms with E-state index >= 15 is 0 Å². The maximum atomic E-state index is 13.5. The molecule has 2 amide bonds. The van der Waals surface area contributed by atoms with E-state index in [1.807, 2.05) is 85.8 Å². The van der Waals surface area contributed by atoms with Crippen LogP contribution in [0.25, 0.3) is 0 Å². The molecular formula is C32H35N3O3. The Kier molecular flexibility index (Phi) is 8.41. The van der Waals surface area contributed by atoms with Gasteiger partial charge in [-0.25, -0.2) is 0 Å². The van der Waals surface area contributed by atoms with Gasteiger partial charge in [0.15, 0.2) is 11.5 Å². The van der Waals surface area contributed by atoms with Gasteiger partial charge in [-0.05, 0) is 47.6 Å². The van der Waals surface area contributed by atoms with E-state index < -0.39 is 0 Å². The minimum Gasteiger partial charge on any atom is -0.359 e. The highest BCUT2D eigenvalue weighted by atomic mass is 16.5. The van der Waals surface area contributed by atoms with Crippen LogP contribution in [-0.4, -0.2) is 28.4 Å². The van der Waals surface area contributed by atoms with Crippen LogP contribution in [0.5, 0.6) is 0 Å². The molecule has 3 aromatic carbocycles. The second kappa shape index (κ2) is 11.9. The third-order valence-corrected chi connectivity index (χ3v) is 6.51. The van der Waals surface area contributed by atoms with E-state index in [4.69, 9.17) is 4.52 Å². The monoisotopic (exact) mass is 509 g/mol. The van der Waals surface area contributed by atoms with Gasteiger partial charge in [0, 0.05) is 24.7 Å². The predicted molar refractivity (Wildman–Crippen MR) is 149 cm³/mol. The van der Waals surface area contributed by atoms with Crippen LogP contribution in [-0.2, 0) is 24.9 Å². The molecule has 0 spiro atoms. The zero-order valence-electron chi connectivity index (χ0n) is 22.5. The summed E-state index contributed by atoms with van der Waals surface area (Å²) in [4.78, 5) is 27.9. The molecule has 0 aliphatic carbocycles. The Bertz CT molecular complexity index is 1350. The Labute approximate surface area is 224 Å². The molecule has 0 atom stereocenters. The van der Waals surface area contributed by atoms with E-state index in [1.165, 1.54) is 5.56 Å². The summed E-state index contributed by atoms with van der Waals surface area (Å²) in [5, 5.41) is 6.83. The molecule has 0 saturated carbocycles. The number of rotatable bonds is 9. The van der Waals surface area contributed by atoms with Crippen molar-refractivity contribution in [3.63, 3.8) is 0 Å². The third kappa shape index (κ3) is 7.19. The number of carbonyl (C=O) groups is 2. The molecule has 0 aliphatic heterocycles. The highest BCUT2D eigenvalue weighted by Gasteiger charge is 2.21. The molecule has 0 fully saturated rings. The largest absolute Gasteiger partial charge is 0.359 e. The summed E-state index contributed by atoms with van der Waals surface area (Å²) in [5.41, 5.74) is 5.29. The quantitative estimate of drug-likeness (QED) is 0.296. The van der Waals surface area contributed by atoms with Crippen molar-refractivity contribution in [1.29, 1.82) is 0 Å². The lowest BCUT2D eigenvalue weighted by molar-refractivity contribution is 0.0729. The van der Waals surface area contributed by atoms with Crippen LogP contribution in [0.2, 0.25) is 0 Å². The van der Waals surface area contributed by atoms with Gasteiger partial charge in [-0.2, -0.15) is 0 Å². The molecule has 4 aromatic rings. The molecule has 4 rings (SSSR count). The van der Waals surface area contributed by atoms with Crippen molar-refractivity contribution in [2.75, 3.05) is 6.54 Å². The molecular weight excluding hydrogens is 474 g/mol. The lowest BCUT2D eigenvalue weighted by atomic mass is 9.86. The summed E-state index contributed by atoms with van der Waals surface area (Å²) < 4.78 is 5.48. The van der Waals surface area contributed by atoms with Gasteiger partial charge >= 0.3 is 0 Å². The third-order valence-electron chi connectivity index (χ3n) is 6.51. The smallest absolute Gasteiger partial charge is 0.273 e. The normalized spacial score (nSPS) is 11.3. The molecule has 0 unspecified atom stereocenters. The van der Waals surface area contributed by atoms with Crippen LogP contribution in [0.1, 0.15) is 69.6 Å². The zero-order chi connectivity index (χ0) is 27.1. The average molecular weight is 510 g/mol. The fourth-order valence-corrected chi connectivity index (χ4v) is 4.12.